The summed E-state index contributed by atoms with van der Waals surface area (Å²) in [6, 6.07) is 0. The van der Waals surface area contributed by atoms with Gasteiger partial charge in [-0.1, -0.05) is 25.1 Å². The van der Waals surface area contributed by atoms with E-state index >= 15 is 0 Å². The van der Waals surface area contributed by atoms with E-state index in [1.165, 1.54) is 11.8 Å². The molecule has 0 unspecified atom stereocenters. The van der Waals surface area contributed by atoms with Crippen molar-refractivity contribution >= 4 is 23.4 Å². The summed E-state index contributed by atoms with van der Waals surface area (Å²) in [5.41, 5.74) is 2.69. The summed E-state index contributed by atoms with van der Waals surface area (Å²) in [6.45, 7) is 6.69. The van der Waals surface area contributed by atoms with E-state index in [4.69, 9.17) is 0 Å². The quantitative estimate of drug-likeness (QED) is 0.652. The standard InChI is InChI=1S/C14H21N5OS/c1-5-6-7-15-12(20)8-11-9(2)16-13-17-14(21-4)18-19(13)10(11)3/h5-8H2,1-4H3,(H,15,20). The fourth-order valence-electron chi connectivity index (χ4n) is 2.16. The van der Waals surface area contributed by atoms with Crippen LogP contribution >= 0.6 is 11.8 Å². The second-order valence-electron chi connectivity index (χ2n) is 4.95. The van der Waals surface area contributed by atoms with Crippen LogP contribution in [0, 0.1) is 13.8 Å². The van der Waals surface area contributed by atoms with Crippen molar-refractivity contribution in [1.82, 2.24) is 24.9 Å². The Morgan fingerprint density at radius 1 is 1.33 bits per heavy atom. The van der Waals surface area contributed by atoms with E-state index in [9.17, 15) is 4.79 Å². The SMILES string of the molecule is CCCCNC(=O)Cc1c(C)nc2nc(SC)nn2c1C. The Balaban J connectivity index is 2.24. The first-order chi connectivity index (χ1) is 10.1. The summed E-state index contributed by atoms with van der Waals surface area (Å²) in [5.74, 6) is 0.616. The van der Waals surface area contributed by atoms with Gasteiger partial charge in [-0.25, -0.2) is 9.50 Å². The number of unbranched alkanes of at least 4 members (excludes halogenated alkanes) is 1. The fraction of sp³-hybridized carbons (Fsp3) is 0.571. The molecule has 0 saturated heterocycles. The topological polar surface area (TPSA) is 72.2 Å². The van der Waals surface area contributed by atoms with Crippen LogP contribution in [0.4, 0.5) is 0 Å². The second-order valence-corrected chi connectivity index (χ2v) is 5.73. The van der Waals surface area contributed by atoms with Gasteiger partial charge in [0.25, 0.3) is 5.78 Å². The van der Waals surface area contributed by atoms with Gasteiger partial charge >= 0.3 is 0 Å². The molecule has 21 heavy (non-hydrogen) atoms. The zero-order chi connectivity index (χ0) is 15.4. The second kappa shape index (κ2) is 6.89. The maximum atomic E-state index is 12.0. The minimum absolute atomic E-state index is 0.0287. The normalized spacial score (nSPS) is 11.0. The number of aromatic nitrogens is 4. The van der Waals surface area contributed by atoms with Gasteiger partial charge in [-0.15, -0.1) is 5.10 Å². The van der Waals surface area contributed by atoms with Crippen molar-refractivity contribution in [3.8, 4) is 0 Å². The Kier molecular flexibility index (Phi) is 5.17. The van der Waals surface area contributed by atoms with Gasteiger partial charge in [-0.05, 0) is 26.5 Å². The van der Waals surface area contributed by atoms with Crippen LogP contribution in [0.1, 0.15) is 36.7 Å². The number of nitrogens with one attached hydrogen (secondary N) is 1. The molecular weight excluding hydrogens is 286 g/mol. The zero-order valence-corrected chi connectivity index (χ0v) is 13.8. The number of carbonyl (C=O) groups excluding carboxylic acids is 1. The molecule has 0 aromatic carbocycles. The van der Waals surface area contributed by atoms with Crippen molar-refractivity contribution in [3.05, 3.63) is 17.0 Å². The van der Waals surface area contributed by atoms with Crippen molar-refractivity contribution in [3.63, 3.8) is 0 Å². The summed E-state index contributed by atoms with van der Waals surface area (Å²) in [6.07, 6.45) is 4.33. The van der Waals surface area contributed by atoms with Gasteiger partial charge in [-0.3, -0.25) is 4.79 Å². The lowest BCUT2D eigenvalue weighted by Crippen LogP contribution is -2.27. The summed E-state index contributed by atoms with van der Waals surface area (Å²) in [5, 5.41) is 8.01. The zero-order valence-electron chi connectivity index (χ0n) is 12.9. The van der Waals surface area contributed by atoms with Crippen LogP contribution in [-0.4, -0.2) is 38.3 Å². The van der Waals surface area contributed by atoms with Crippen LogP contribution < -0.4 is 5.32 Å². The van der Waals surface area contributed by atoms with Crippen LogP contribution in [0.5, 0.6) is 0 Å². The summed E-state index contributed by atoms with van der Waals surface area (Å²) in [7, 11) is 0. The molecule has 0 atom stereocenters. The Morgan fingerprint density at radius 3 is 2.76 bits per heavy atom. The van der Waals surface area contributed by atoms with Gasteiger partial charge in [0.2, 0.25) is 11.1 Å². The third-order valence-electron chi connectivity index (χ3n) is 3.40. The van der Waals surface area contributed by atoms with Crippen molar-refractivity contribution < 1.29 is 4.79 Å². The molecule has 0 radical (unpaired) electrons. The number of nitrogens with zero attached hydrogens (tertiary/aromatic N) is 4. The van der Waals surface area contributed by atoms with E-state index in [1.54, 1.807) is 4.52 Å². The van der Waals surface area contributed by atoms with Crippen LogP contribution in [0.25, 0.3) is 5.78 Å². The molecule has 6 nitrogen and oxygen atoms in total. The maximum Gasteiger partial charge on any atom is 0.253 e. The number of aryl methyl sites for hydroxylation is 2. The number of fused-ring (bicyclic) bond motifs is 1. The van der Waals surface area contributed by atoms with Crippen molar-refractivity contribution in [2.75, 3.05) is 12.8 Å². The largest absolute Gasteiger partial charge is 0.356 e. The molecule has 2 aromatic heterocycles. The molecule has 0 aliphatic rings. The number of thioether (sulfide) groups is 1. The average Bonchev–Trinajstić information content (AvgIpc) is 2.87. The lowest BCUT2D eigenvalue weighted by Gasteiger charge is -2.10. The van der Waals surface area contributed by atoms with Crippen molar-refractivity contribution in [2.45, 2.75) is 45.2 Å². The van der Waals surface area contributed by atoms with Gasteiger partial charge < -0.3 is 5.32 Å². The van der Waals surface area contributed by atoms with Crippen molar-refractivity contribution in [2.24, 2.45) is 0 Å². The van der Waals surface area contributed by atoms with Gasteiger partial charge in [0.1, 0.15) is 0 Å². The van der Waals surface area contributed by atoms with E-state index < -0.39 is 0 Å². The molecule has 0 aliphatic carbocycles. The van der Waals surface area contributed by atoms with E-state index in [-0.39, 0.29) is 5.91 Å². The molecule has 0 bridgehead atoms. The molecule has 7 heteroatoms. The lowest BCUT2D eigenvalue weighted by molar-refractivity contribution is -0.120. The predicted molar refractivity (Wildman–Crippen MR) is 83.7 cm³/mol. The van der Waals surface area contributed by atoms with Crippen LogP contribution in [0.2, 0.25) is 0 Å². The molecular formula is C14H21N5OS. The number of carbonyl (C=O) groups is 1. The molecule has 1 amide bonds. The molecule has 0 aliphatic heterocycles. The summed E-state index contributed by atoms with van der Waals surface area (Å²) < 4.78 is 1.72. The molecule has 0 fully saturated rings. The van der Waals surface area contributed by atoms with E-state index in [1.807, 2.05) is 20.1 Å². The van der Waals surface area contributed by atoms with Gasteiger partial charge in [-0.2, -0.15) is 4.98 Å². The minimum Gasteiger partial charge on any atom is -0.356 e. The molecule has 0 spiro atoms. The Labute approximate surface area is 128 Å². The highest BCUT2D eigenvalue weighted by atomic mass is 32.2. The van der Waals surface area contributed by atoms with Gasteiger partial charge in [0.15, 0.2) is 0 Å². The van der Waals surface area contributed by atoms with Crippen LogP contribution in [0.3, 0.4) is 0 Å². The number of amides is 1. The number of rotatable bonds is 6. The molecule has 2 heterocycles. The predicted octanol–water partition coefficient (Wildman–Crippen LogP) is 1.92. The fourth-order valence-corrected chi connectivity index (χ4v) is 2.50. The molecule has 2 rings (SSSR count). The van der Waals surface area contributed by atoms with E-state index in [0.29, 0.717) is 17.4 Å². The van der Waals surface area contributed by atoms with E-state index in [2.05, 4.69) is 27.3 Å². The van der Waals surface area contributed by atoms with Crippen molar-refractivity contribution in [1.29, 1.82) is 0 Å². The van der Waals surface area contributed by atoms with Crippen LogP contribution in [-0.2, 0) is 11.2 Å². The number of hydrogen-bond acceptors (Lipinski definition) is 5. The highest BCUT2D eigenvalue weighted by molar-refractivity contribution is 7.98. The van der Waals surface area contributed by atoms with E-state index in [0.717, 1.165) is 36.3 Å². The highest BCUT2D eigenvalue weighted by Crippen LogP contribution is 2.17. The first-order valence-corrected chi connectivity index (χ1v) is 8.32. The third-order valence-corrected chi connectivity index (χ3v) is 3.94. The first kappa shape index (κ1) is 15.8. The minimum atomic E-state index is 0.0287. The molecule has 2 aromatic rings. The lowest BCUT2D eigenvalue weighted by atomic mass is 10.1. The number of hydrogen-bond donors (Lipinski definition) is 1. The smallest absolute Gasteiger partial charge is 0.253 e. The molecule has 1 N–H and O–H groups in total. The van der Waals surface area contributed by atoms with Gasteiger partial charge in [0, 0.05) is 23.5 Å². The summed E-state index contributed by atoms with van der Waals surface area (Å²) >= 11 is 1.48. The summed E-state index contributed by atoms with van der Waals surface area (Å²) in [4.78, 5) is 20.8. The molecule has 0 saturated carbocycles. The van der Waals surface area contributed by atoms with Gasteiger partial charge in [0.05, 0.1) is 6.42 Å². The molecule has 114 valence electrons. The first-order valence-electron chi connectivity index (χ1n) is 7.10. The third kappa shape index (κ3) is 3.53. The Bertz CT molecular complexity index is 652. The highest BCUT2D eigenvalue weighted by Gasteiger charge is 2.15. The monoisotopic (exact) mass is 307 g/mol. The maximum absolute atomic E-state index is 12.0. The average molecular weight is 307 g/mol. The van der Waals surface area contributed by atoms with Crippen LogP contribution in [0.15, 0.2) is 5.16 Å². The Morgan fingerprint density at radius 2 is 2.10 bits per heavy atom. The Hall–Kier alpha value is -1.63.